The zero-order valence-corrected chi connectivity index (χ0v) is 17.1. The van der Waals surface area contributed by atoms with Gasteiger partial charge in [-0.1, -0.05) is 18.1 Å². The van der Waals surface area contributed by atoms with Crippen LogP contribution in [0.15, 0.2) is 47.0 Å². The number of nitrogens with zero attached hydrogens (tertiary/aromatic N) is 3. The van der Waals surface area contributed by atoms with Gasteiger partial charge in [-0.15, -0.1) is 0 Å². The van der Waals surface area contributed by atoms with Gasteiger partial charge in [0, 0.05) is 24.2 Å². The Labute approximate surface area is 175 Å². The first-order chi connectivity index (χ1) is 14.7. The first-order valence-corrected chi connectivity index (χ1v) is 10.7. The summed E-state index contributed by atoms with van der Waals surface area (Å²) < 4.78 is 11.2. The van der Waals surface area contributed by atoms with Gasteiger partial charge in [0.2, 0.25) is 17.6 Å². The molecule has 30 heavy (non-hydrogen) atoms. The Morgan fingerprint density at radius 2 is 1.97 bits per heavy atom. The predicted octanol–water partition coefficient (Wildman–Crippen LogP) is 4.53. The lowest BCUT2D eigenvalue weighted by Gasteiger charge is -2.17. The number of fused-ring (bicyclic) bond motifs is 1. The Morgan fingerprint density at radius 1 is 1.13 bits per heavy atom. The van der Waals surface area contributed by atoms with Crippen LogP contribution >= 0.6 is 0 Å². The number of anilines is 1. The monoisotopic (exact) mass is 403 g/mol. The molecule has 0 saturated carbocycles. The fraction of sp³-hybridized carbons (Fsp3) is 0.375. The van der Waals surface area contributed by atoms with E-state index in [1.165, 1.54) is 17.5 Å². The van der Waals surface area contributed by atoms with Gasteiger partial charge in [-0.25, -0.2) is 0 Å². The summed E-state index contributed by atoms with van der Waals surface area (Å²) in [4.78, 5) is 19.1. The lowest BCUT2D eigenvalue weighted by molar-refractivity contribution is -0.117. The van der Waals surface area contributed by atoms with Crippen LogP contribution in [0.1, 0.15) is 49.1 Å². The standard InChI is InChI=1S/C24H25N3O3/c1-2-12-29-21-10-7-17(8-11-21)23-25-24(30-26-23)19-14-22(28)27(15-19)20-9-6-16-4-3-5-18(16)13-20/h6-11,13,19H,2-5,12,14-15H2,1H3. The van der Waals surface area contributed by atoms with E-state index in [1.54, 1.807) is 0 Å². The van der Waals surface area contributed by atoms with Gasteiger partial charge >= 0.3 is 0 Å². The zero-order chi connectivity index (χ0) is 20.5. The van der Waals surface area contributed by atoms with E-state index in [9.17, 15) is 4.79 Å². The highest BCUT2D eigenvalue weighted by Gasteiger charge is 2.35. The maximum Gasteiger partial charge on any atom is 0.232 e. The third kappa shape index (κ3) is 3.58. The molecule has 5 rings (SSSR count). The lowest BCUT2D eigenvalue weighted by Crippen LogP contribution is -2.24. The fourth-order valence-electron chi connectivity index (χ4n) is 4.29. The van der Waals surface area contributed by atoms with Crippen molar-refractivity contribution < 1.29 is 14.1 Å². The average molecular weight is 403 g/mol. The maximum atomic E-state index is 12.7. The van der Waals surface area contributed by atoms with Crippen LogP contribution in [0.25, 0.3) is 11.4 Å². The molecule has 6 nitrogen and oxygen atoms in total. The van der Waals surface area contributed by atoms with E-state index >= 15 is 0 Å². The Morgan fingerprint density at radius 3 is 2.80 bits per heavy atom. The second kappa shape index (κ2) is 7.94. The highest BCUT2D eigenvalue weighted by molar-refractivity contribution is 5.96. The number of hydrogen-bond donors (Lipinski definition) is 0. The number of aromatic nitrogens is 2. The Kier molecular flexibility index (Phi) is 4.99. The number of ether oxygens (including phenoxy) is 1. The van der Waals surface area contributed by atoms with E-state index in [2.05, 4.69) is 35.3 Å². The third-order valence-corrected chi connectivity index (χ3v) is 5.90. The maximum absolute atomic E-state index is 12.7. The zero-order valence-electron chi connectivity index (χ0n) is 17.1. The van der Waals surface area contributed by atoms with E-state index in [4.69, 9.17) is 9.26 Å². The van der Waals surface area contributed by atoms with Crippen LogP contribution in [0.5, 0.6) is 5.75 Å². The van der Waals surface area contributed by atoms with Crippen molar-refractivity contribution in [2.45, 2.75) is 44.9 Å². The quantitative estimate of drug-likeness (QED) is 0.605. The molecular formula is C24H25N3O3. The van der Waals surface area contributed by atoms with E-state index in [0.29, 0.717) is 31.3 Å². The summed E-state index contributed by atoms with van der Waals surface area (Å²) in [7, 11) is 0. The summed E-state index contributed by atoms with van der Waals surface area (Å²) in [6.45, 7) is 3.35. The number of benzene rings is 2. The highest BCUT2D eigenvalue weighted by Crippen LogP contribution is 2.34. The molecule has 1 aliphatic heterocycles. The molecule has 1 unspecified atom stereocenters. The molecule has 1 fully saturated rings. The Hall–Kier alpha value is -3.15. The number of amides is 1. The van der Waals surface area contributed by atoms with Gasteiger partial charge in [-0.3, -0.25) is 4.79 Å². The lowest BCUT2D eigenvalue weighted by atomic mass is 10.1. The number of rotatable bonds is 6. The molecule has 1 saturated heterocycles. The van der Waals surface area contributed by atoms with E-state index < -0.39 is 0 Å². The van der Waals surface area contributed by atoms with E-state index in [0.717, 1.165) is 36.3 Å². The molecular weight excluding hydrogens is 378 g/mol. The number of carbonyl (C=O) groups excluding carboxylic acids is 1. The summed E-state index contributed by atoms with van der Waals surface area (Å²) in [5, 5.41) is 4.14. The molecule has 2 aromatic carbocycles. The predicted molar refractivity (Wildman–Crippen MR) is 114 cm³/mol. The molecule has 1 aromatic heterocycles. The highest BCUT2D eigenvalue weighted by atomic mass is 16.5. The molecule has 0 spiro atoms. The normalized spacial score (nSPS) is 18.1. The number of carbonyl (C=O) groups is 1. The van der Waals surface area contributed by atoms with Crippen molar-refractivity contribution in [1.82, 2.24) is 10.1 Å². The molecule has 0 bridgehead atoms. The molecule has 6 heteroatoms. The molecule has 2 heterocycles. The van der Waals surface area contributed by atoms with Crippen LogP contribution in [0.2, 0.25) is 0 Å². The SMILES string of the molecule is CCCOc1ccc(-c2noc(C3CC(=O)N(c4ccc5c(c4)CCC5)C3)n2)cc1. The number of hydrogen-bond acceptors (Lipinski definition) is 5. The summed E-state index contributed by atoms with van der Waals surface area (Å²) in [6.07, 6.45) is 4.81. The molecule has 2 aliphatic rings. The van der Waals surface area contributed by atoms with Crippen molar-refractivity contribution in [2.24, 2.45) is 0 Å². The number of aryl methyl sites for hydroxylation is 2. The van der Waals surface area contributed by atoms with Gasteiger partial charge < -0.3 is 14.2 Å². The van der Waals surface area contributed by atoms with Crippen molar-refractivity contribution in [3.8, 4) is 17.1 Å². The summed E-state index contributed by atoms with van der Waals surface area (Å²) in [5.74, 6) is 1.91. The fourth-order valence-corrected chi connectivity index (χ4v) is 4.29. The second-order valence-electron chi connectivity index (χ2n) is 8.04. The van der Waals surface area contributed by atoms with Crippen LogP contribution in [-0.2, 0) is 17.6 Å². The van der Waals surface area contributed by atoms with Crippen molar-refractivity contribution in [3.63, 3.8) is 0 Å². The molecule has 0 radical (unpaired) electrons. The van der Waals surface area contributed by atoms with Crippen LogP contribution in [-0.4, -0.2) is 29.2 Å². The van der Waals surface area contributed by atoms with E-state index in [-0.39, 0.29) is 11.8 Å². The van der Waals surface area contributed by atoms with Gasteiger partial charge in [-0.2, -0.15) is 4.98 Å². The topological polar surface area (TPSA) is 68.5 Å². The van der Waals surface area contributed by atoms with Gasteiger partial charge in [0.15, 0.2) is 0 Å². The van der Waals surface area contributed by atoms with Crippen molar-refractivity contribution in [1.29, 1.82) is 0 Å². The third-order valence-electron chi connectivity index (χ3n) is 5.90. The van der Waals surface area contributed by atoms with Crippen LogP contribution < -0.4 is 9.64 Å². The minimum absolute atomic E-state index is 0.0841. The minimum atomic E-state index is -0.0841. The summed E-state index contributed by atoms with van der Waals surface area (Å²) in [5.41, 5.74) is 4.63. The first kappa shape index (κ1) is 18.9. The second-order valence-corrected chi connectivity index (χ2v) is 8.04. The van der Waals surface area contributed by atoms with Gasteiger partial charge in [0.1, 0.15) is 5.75 Å². The molecule has 3 aromatic rings. The molecule has 1 atom stereocenters. The van der Waals surface area contributed by atoms with Crippen molar-refractivity contribution in [2.75, 3.05) is 18.1 Å². The Bertz CT molecular complexity index is 1060. The summed E-state index contributed by atoms with van der Waals surface area (Å²) in [6, 6.07) is 14.1. The van der Waals surface area contributed by atoms with Crippen molar-refractivity contribution in [3.05, 3.63) is 59.5 Å². The molecule has 0 N–H and O–H groups in total. The molecule has 1 aliphatic carbocycles. The molecule has 1 amide bonds. The largest absolute Gasteiger partial charge is 0.494 e. The van der Waals surface area contributed by atoms with Gasteiger partial charge in [-0.05, 0) is 73.2 Å². The molecule has 154 valence electrons. The van der Waals surface area contributed by atoms with Crippen LogP contribution in [0, 0.1) is 0 Å². The smallest absolute Gasteiger partial charge is 0.232 e. The van der Waals surface area contributed by atoms with Crippen LogP contribution in [0.4, 0.5) is 5.69 Å². The summed E-state index contributed by atoms with van der Waals surface area (Å²) >= 11 is 0. The van der Waals surface area contributed by atoms with E-state index in [1.807, 2.05) is 29.2 Å². The van der Waals surface area contributed by atoms with Crippen molar-refractivity contribution >= 4 is 11.6 Å². The van der Waals surface area contributed by atoms with Gasteiger partial charge in [0.25, 0.3) is 0 Å². The van der Waals surface area contributed by atoms with Gasteiger partial charge in [0.05, 0.1) is 12.5 Å². The average Bonchev–Trinajstić information content (AvgIpc) is 3.51. The van der Waals surface area contributed by atoms with Crippen LogP contribution in [0.3, 0.4) is 0 Å². The first-order valence-electron chi connectivity index (χ1n) is 10.7. The minimum Gasteiger partial charge on any atom is -0.494 e. The Balaban J connectivity index is 1.30.